The third kappa shape index (κ3) is 1.81. The van der Waals surface area contributed by atoms with Crippen molar-refractivity contribution in [1.29, 1.82) is 0 Å². The van der Waals surface area contributed by atoms with Crippen LogP contribution in [0.25, 0.3) is 0 Å². The Morgan fingerprint density at radius 1 is 1.55 bits per heavy atom. The molecule has 4 nitrogen and oxygen atoms in total. The van der Waals surface area contributed by atoms with Gasteiger partial charge in [-0.15, -0.1) is 0 Å². The molecule has 11 heavy (non-hydrogen) atoms. The Hall–Kier alpha value is -0.810. The molecule has 5 heteroatoms. The summed E-state index contributed by atoms with van der Waals surface area (Å²) in [7, 11) is -3.21. The fraction of sp³-hybridized carbons (Fsp3) is 0.333. The van der Waals surface area contributed by atoms with Crippen LogP contribution in [0.15, 0.2) is 21.6 Å². The first-order valence-electron chi connectivity index (χ1n) is 3.03. The maximum atomic E-state index is 10.8. The molecule has 0 saturated carbocycles. The van der Waals surface area contributed by atoms with Crippen LogP contribution in [0.2, 0.25) is 0 Å². The molecule has 1 heterocycles. The van der Waals surface area contributed by atoms with Gasteiger partial charge < -0.3 is 10.2 Å². The molecule has 2 N–H and O–H groups in total. The predicted octanol–water partition coefficient (Wildman–Crippen LogP) is 0.142. The van der Waals surface area contributed by atoms with Gasteiger partial charge in [0.1, 0.15) is 5.76 Å². The van der Waals surface area contributed by atoms with Gasteiger partial charge in [-0.3, -0.25) is 0 Å². The van der Waals surface area contributed by atoms with Crippen LogP contribution in [-0.2, 0) is 16.4 Å². The molecule has 0 aliphatic rings. The van der Waals surface area contributed by atoms with Gasteiger partial charge in [0.2, 0.25) is 14.9 Å². The van der Waals surface area contributed by atoms with Crippen molar-refractivity contribution in [3.8, 4) is 0 Å². The molecule has 0 aliphatic carbocycles. The van der Waals surface area contributed by atoms with Crippen LogP contribution in [0.3, 0.4) is 0 Å². The van der Waals surface area contributed by atoms with Crippen molar-refractivity contribution in [2.45, 2.75) is 11.6 Å². The molecule has 0 atom stereocenters. The lowest BCUT2D eigenvalue weighted by Crippen LogP contribution is -1.95. The fourth-order valence-electron chi connectivity index (χ4n) is 0.667. The second-order valence-corrected chi connectivity index (χ2v) is 4.14. The van der Waals surface area contributed by atoms with E-state index in [4.69, 9.17) is 10.2 Å². The average Bonchev–Trinajstić information content (AvgIpc) is 2.32. The lowest BCUT2D eigenvalue weighted by Gasteiger charge is -1.89. The molecule has 0 aromatic carbocycles. The van der Waals surface area contributed by atoms with Crippen molar-refractivity contribution in [3.63, 3.8) is 0 Å². The van der Waals surface area contributed by atoms with E-state index in [1.165, 1.54) is 6.07 Å². The van der Waals surface area contributed by atoms with Crippen LogP contribution < -0.4 is 5.73 Å². The zero-order valence-corrected chi connectivity index (χ0v) is 6.89. The third-order valence-electron chi connectivity index (χ3n) is 1.20. The lowest BCUT2D eigenvalue weighted by atomic mass is 10.5. The molecule has 0 fully saturated rings. The molecule has 0 amide bonds. The van der Waals surface area contributed by atoms with Gasteiger partial charge in [0, 0.05) is 6.26 Å². The zero-order valence-electron chi connectivity index (χ0n) is 6.07. The molecule has 0 spiro atoms. The van der Waals surface area contributed by atoms with Crippen molar-refractivity contribution < 1.29 is 12.8 Å². The third-order valence-corrected chi connectivity index (χ3v) is 2.15. The summed E-state index contributed by atoms with van der Waals surface area (Å²) in [6, 6.07) is 2.95. The number of nitrogens with two attached hydrogens (primary N) is 1. The highest BCUT2D eigenvalue weighted by molar-refractivity contribution is 7.90. The van der Waals surface area contributed by atoms with E-state index in [0.29, 0.717) is 5.76 Å². The van der Waals surface area contributed by atoms with Crippen LogP contribution in [-0.4, -0.2) is 14.7 Å². The lowest BCUT2D eigenvalue weighted by molar-refractivity contribution is 0.417. The summed E-state index contributed by atoms with van der Waals surface area (Å²) in [5.41, 5.74) is 5.22. The van der Waals surface area contributed by atoms with Gasteiger partial charge in [0.05, 0.1) is 6.54 Å². The van der Waals surface area contributed by atoms with Gasteiger partial charge in [-0.1, -0.05) is 0 Å². The maximum absolute atomic E-state index is 10.8. The molecule has 0 unspecified atom stereocenters. The van der Waals surface area contributed by atoms with E-state index < -0.39 is 9.84 Å². The fourth-order valence-corrected chi connectivity index (χ4v) is 1.24. The van der Waals surface area contributed by atoms with Gasteiger partial charge in [-0.2, -0.15) is 0 Å². The topological polar surface area (TPSA) is 73.3 Å². The predicted molar refractivity (Wildman–Crippen MR) is 39.7 cm³/mol. The SMILES string of the molecule is CS(=O)(=O)c1ccc(CN)o1. The van der Waals surface area contributed by atoms with E-state index >= 15 is 0 Å². The minimum Gasteiger partial charge on any atom is -0.448 e. The van der Waals surface area contributed by atoms with E-state index in [9.17, 15) is 8.42 Å². The molecule has 62 valence electrons. The molecule has 0 aliphatic heterocycles. The highest BCUT2D eigenvalue weighted by Gasteiger charge is 2.11. The van der Waals surface area contributed by atoms with Crippen molar-refractivity contribution in [3.05, 3.63) is 17.9 Å². The van der Waals surface area contributed by atoms with Crippen molar-refractivity contribution in [2.75, 3.05) is 6.26 Å². The Morgan fingerprint density at radius 2 is 2.18 bits per heavy atom. The summed E-state index contributed by atoms with van der Waals surface area (Å²) in [6.45, 7) is 0.218. The Labute approximate surface area is 64.9 Å². The minimum atomic E-state index is -3.21. The van der Waals surface area contributed by atoms with Crippen molar-refractivity contribution in [2.24, 2.45) is 5.73 Å². The first-order valence-corrected chi connectivity index (χ1v) is 4.92. The highest BCUT2D eigenvalue weighted by Crippen LogP contribution is 2.12. The first-order chi connectivity index (χ1) is 5.04. The van der Waals surface area contributed by atoms with Crippen LogP contribution >= 0.6 is 0 Å². The normalized spacial score (nSPS) is 11.8. The Morgan fingerprint density at radius 3 is 2.45 bits per heavy atom. The Kier molecular flexibility index (Phi) is 2.01. The largest absolute Gasteiger partial charge is 0.448 e. The summed E-state index contributed by atoms with van der Waals surface area (Å²) in [5.74, 6) is 0.477. The molecule has 0 radical (unpaired) electrons. The molecular formula is C6H9NO3S. The Bertz CT molecular complexity index is 338. The number of furan rings is 1. The van der Waals surface area contributed by atoms with E-state index in [1.54, 1.807) is 6.07 Å². The Balaban J connectivity index is 3.09. The summed E-state index contributed by atoms with van der Waals surface area (Å²) >= 11 is 0. The second kappa shape index (κ2) is 2.67. The van der Waals surface area contributed by atoms with Crippen molar-refractivity contribution >= 4 is 9.84 Å². The number of hydrogen-bond donors (Lipinski definition) is 1. The van der Waals surface area contributed by atoms with E-state index in [-0.39, 0.29) is 11.6 Å². The van der Waals surface area contributed by atoms with E-state index in [1.807, 2.05) is 0 Å². The monoisotopic (exact) mass is 175 g/mol. The number of rotatable bonds is 2. The van der Waals surface area contributed by atoms with Gasteiger partial charge in [-0.05, 0) is 12.1 Å². The summed E-state index contributed by atoms with van der Waals surface area (Å²) < 4.78 is 26.5. The van der Waals surface area contributed by atoms with Crippen LogP contribution in [0, 0.1) is 0 Å². The number of hydrogen-bond acceptors (Lipinski definition) is 4. The van der Waals surface area contributed by atoms with E-state index in [0.717, 1.165) is 6.26 Å². The molecular weight excluding hydrogens is 166 g/mol. The average molecular weight is 175 g/mol. The van der Waals surface area contributed by atoms with Crippen LogP contribution in [0.5, 0.6) is 0 Å². The summed E-state index contributed by atoms with van der Waals surface area (Å²) in [4.78, 5) is 0. The summed E-state index contributed by atoms with van der Waals surface area (Å²) in [5, 5.41) is -0.0297. The van der Waals surface area contributed by atoms with Crippen LogP contribution in [0.4, 0.5) is 0 Å². The molecule has 0 bridgehead atoms. The quantitative estimate of drug-likeness (QED) is 0.694. The van der Waals surface area contributed by atoms with Crippen LogP contribution in [0.1, 0.15) is 5.76 Å². The second-order valence-electron chi connectivity index (χ2n) is 2.20. The van der Waals surface area contributed by atoms with Gasteiger partial charge in [0.25, 0.3) is 0 Å². The maximum Gasteiger partial charge on any atom is 0.217 e. The van der Waals surface area contributed by atoms with E-state index in [2.05, 4.69) is 0 Å². The highest BCUT2D eigenvalue weighted by atomic mass is 32.2. The standard InChI is InChI=1S/C6H9NO3S/c1-11(8,9)6-3-2-5(4-7)10-6/h2-3H,4,7H2,1H3. The smallest absolute Gasteiger partial charge is 0.217 e. The number of sulfone groups is 1. The summed E-state index contributed by atoms with van der Waals surface area (Å²) in [6.07, 6.45) is 1.09. The zero-order chi connectivity index (χ0) is 8.48. The van der Waals surface area contributed by atoms with Gasteiger partial charge in [0.15, 0.2) is 0 Å². The molecule has 0 saturated heterocycles. The van der Waals surface area contributed by atoms with Crippen molar-refractivity contribution in [1.82, 2.24) is 0 Å². The molecule has 1 rings (SSSR count). The van der Waals surface area contributed by atoms with Gasteiger partial charge >= 0.3 is 0 Å². The minimum absolute atomic E-state index is 0.0297. The molecule has 1 aromatic heterocycles. The van der Waals surface area contributed by atoms with Gasteiger partial charge in [-0.25, -0.2) is 8.42 Å². The molecule has 1 aromatic rings. The first kappa shape index (κ1) is 8.29.